The molecule has 0 aromatic carbocycles. The summed E-state index contributed by atoms with van der Waals surface area (Å²) in [6.45, 7) is 8.75. The van der Waals surface area contributed by atoms with Crippen LogP contribution in [0.1, 0.15) is 43.5 Å². The Balaban J connectivity index is 0.000000384. The zero-order valence-electron chi connectivity index (χ0n) is 23.6. The number of aliphatic carboxylic acids is 2. The molecular weight excluding hydrogens is 592 g/mol. The van der Waals surface area contributed by atoms with Gasteiger partial charge in [0, 0.05) is 70.4 Å². The number of alkyl halides is 6. The van der Waals surface area contributed by atoms with E-state index in [1.807, 2.05) is 23.5 Å². The number of carboxylic acid groups (broad SMARTS) is 2. The molecule has 2 aliphatic heterocycles. The Morgan fingerprint density at radius 3 is 2.21 bits per heavy atom. The first-order valence-electron chi connectivity index (χ1n) is 13.0. The highest BCUT2D eigenvalue weighted by Gasteiger charge is 2.57. The van der Waals surface area contributed by atoms with E-state index in [1.54, 1.807) is 13.3 Å². The zero-order chi connectivity index (χ0) is 32.6. The first-order chi connectivity index (χ1) is 19.9. The summed E-state index contributed by atoms with van der Waals surface area (Å²) in [7, 11) is 1.68. The molecule has 1 amide bonds. The van der Waals surface area contributed by atoms with E-state index in [-0.39, 0.29) is 11.8 Å². The summed E-state index contributed by atoms with van der Waals surface area (Å²) in [6.07, 6.45) is -1.55. The van der Waals surface area contributed by atoms with Crippen molar-refractivity contribution in [1.82, 2.24) is 24.3 Å². The molecule has 4 heterocycles. The number of rotatable bonds is 7. The Morgan fingerprint density at radius 2 is 1.74 bits per heavy atom. The number of carboxylic acids is 2. The molecule has 17 heteroatoms. The molecule has 2 atom stereocenters. The van der Waals surface area contributed by atoms with Crippen LogP contribution in [-0.4, -0.2) is 105 Å². The SMILES string of the molecule is COCCN1CCC2(CN(Cc3cccnc3)CC2c2cn(C(C)C)cn2)C1=O.O=C(O)C(F)(F)F.O=C(O)C(F)(F)F. The second-order valence-electron chi connectivity index (χ2n) is 10.2. The van der Waals surface area contributed by atoms with Crippen molar-refractivity contribution in [3.8, 4) is 0 Å². The number of nitrogens with zero attached hydrogens (tertiary/aromatic N) is 5. The lowest BCUT2D eigenvalue weighted by molar-refractivity contribution is -0.193. The molecule has 0 saturated carbocycles. The smallest absolute Gasteiger partial charge is 0.475 e. The van der Waals surface area contributed by atoms with E-state index in [0.29, 0.717) is 19.2 Å². The predicted octanol–water partition coefficient (Wildman–Crippen LogP) is 3.59. The molecule has 43 heavy (non-hydrogen) atoms. The van der Waals surface area contributed by atoms with Crippen molar-refractivity contribution >= 4 is 17.8 Å². The van der Waals surface area contributed by atoms with Crippen molar-refractivity contribution in [3.05, 3.63) is 48.3 Å². The molecule has 0 bridgehead atoms. The van der Waals surface area contributed by atoms with E-state index in [2.05, 4.69) is 40.6 Å². The standard InChI is InChI=1S/C22H31N5O2.2C2HF3O2/c1-17(2)27-14-20(24-16-27)19-13-25(12-18-5-4-7-23-11-18)15-22(19)6-8-26(21(22)28)9-10-29-3;2*3-2(4,5)1(6)7/h4-5,7,11,14,16-17,19H,6,8-10,12-13,15H2,1-3H3;2*(H,6,7). The number of ether oxygens (including phenoxy) is 1. The van der Waals surface area contributed by atoms with Crippen molar-refractivity contribution in [1.29, 1.82) is 0 Å². The van der Waals surface area contributed by atoms with Gasteiger partial charge in [-0.25, -0.2) is 14.6 Å². The summed E-state index contributed by atoms with van der Waals surface area (Å²) in [5.41, 5.74) is 1.82. The van der Waals surface area contributed by atoms with Crippen LogP contribution in [0.5, 0.6) is 0 Å². The third kappa shape index (κ3) is 9.64. The van der Waals surface area contributed by atoms with Gasteiger partial charge in [0.15, 0.2) is 0 Å². The number of hydrogen-bond donors (Lipinski definition) is 2. The minimum atomic E-state index is -5.08. The van der Waals surface area contributed by atoms with Gasteiger partial charge in [-0.1, -0.05) is 6.07 Å². The van der Waals surface area contributed by atoms with E-state index >= 15 is 0 Å². The fourth-order valence-electron chi connectivity index (χ4n) is 4.81. The summed E-state index contributed by atoms with van der Waals surface area (Å²) < 4.78 is 70.8. The summed E-state index contributed by atoms with van der Waals surface area (Å²) in [5, 5.41) is 14.2. The molecule has 0 radical (unpaired) electrons. The highest BCUT2D eigenvalue weighted by atomic mass is 19.4. The second-order valence-corrected chi connectivity index (χ2v) is 10.2. The number of hydrogen-bond acceptors (Lipinski definition) is 7. The molecule has 2 aliphatic rings. The van der Waals surface area contributed by atoms with Gasteiger partial charge in [-0.2, -0.15) is 26.3 Å². The van der Waals surface area contributed by atoms with Crippen molar-refractivity contribution < 1.29 is 55.7 Å². The zero-order valence-corrected chi connectivity index (χ0v) is 23.6. The molecule has 11 nitrogen and oxygen atoms in total. The van der Waals surface area contributed by atoms with Crippen LogP contribution < -0.4 is 0 Å². The Hall–Kier alpha value is -3.73. The fourth-order valence-corrected chi connectivity index (χ4v) is 4.81. The van der Waals surface area contributed by atoms with Crippen LogP contribution in [0.15, 0.2) is 37.1 Å². The first-order valence-corrected chi connectivity index (χ1v) is 13.0. The number of carbonyl (C=O) groups is 3. The normalized spacial score (nSPS) is 20.6. The van der Waals surface area contributed by atoms with E-state index in [0.717, 1.165) is 38.3 Å². The van der Waals surface area contributed by atoms with Gasteiger partial charge in [0.05, 0.1) is 24.0 Å². The number of pyridine rings is 1. The Morgan fingerprint density at radius 1 is 1.14 bits per heavy atom. The van der Waals surface area contributed by atoms with Crippen molar-refractivity contribution in [2.45, 2.75) is 51.1 Å². The Kier molecular flexibility index (Phi) is 12.1. The molecule has 2 N–H and O–H groups in total. The van der Waals surface area contributed by atoms with Gasteiger partial charge in [-0.05, 0) is 31.9 Å². The lowest BCUT2D eigenvalue weighted by Gasteiger charge is -2.28. The van der Waals surface area contributed by atoms with Gasteiger partial charge >= 0.3 is 24.3 Å². The maximum atomic E-state index is 13.6. The molecule has 0 aliphatic carbocycles. The number of methoxy groups -OCH3 is 1. The van der Waals surface area contributed by atoms with Crippen molar-refractivity contribution in [2.75, 3.05) is 39.9 Å². The maximum absolute atomic E-state index is 13.6. The number of aromatic nitrogens is 3. The summed E-state index contributed by atoms with van der Waals surface area (Å²) in [6, 6.07) is 4.43. The average Bonchev–Trinajstić information content (AvgIpc) is 3.62. The predicted molar refractivity (Wildman–Crippen MR) is 138 cm³/mol. The van der Waals surface area contributed by atoms with Crippen LogP contribution in [0, 0.1) is 5.41 Å². The van der Waals surface area contributed by atoms with Gasteiger partial charge in [0.2, 0.25) is 5.91 Å². The summed E-state index contributed by atoms with van der Waals surface area (Å²) >= 11 is 0. The van der Waals surface area contributed by atoms with Crippen molar-refractivity contribution in [2.24, 2.45) is 5.41 Å². The molecule has 2 unspecified atom stereocenters. The number of imidazole rings is 1. The maximum Gasteiger partial charge on any atom is 0.490 e. The summed E-state index contributed by atoms with van der Waals surface area (Å²) in [5.74, 6) is -5.15. The Bertz CT molecular complexity index is 1200. The van der Waals surface area contributed by atoms with E-state index in [4.69, 9.17) is 29.5 Å². The van der Waals surface area contributed by atoms with Crippen LogP contribution in [0.25, 0.3) is 0 Å². The molecule has 240 valence electrons. The third-order valence-electron chi connectivity index (χ3n) is 6.91. The van der Waals surface area contributed by atoms with Crippen LogP contribution in [0.3, 0.4) is 0 Å². The van der Waals surface area contributed by atoms with Gasteiger partial charge in [-0.15, -0.1) is 0 Å². The lowest BCUT2D eigenvalue weighted by Crippen LogP contribution is -2.40. The Labute approximate surface area is 243 Å². The number of likely N-dealkylation sites (tertiary alicyclic amines) is 2. The monoisotopic (exact) mass is 625 g/mol. The van der Waals surface area contributed by atoms with E-state index in [9.17, 15) is 31.1 Å². The van der Waals surface area contributed by atoms with Gasteiger partial charge in [0.1, 0.15) is 0 Å². The van der Waals surface area contributed by atoms with Crippen LogP contribution in [0.4, 0.5) is 26.3 Å². The topological polar surface area (TPSA) is 138 Å². The molecule has 2 aromatic rings. The molecule has 2 saturated heterocycles. The van der Waals surface area contributed by atoms with Crippen LogP contribution in [0.2, 0.25) is 0 Å². The molecule has 1 spiro atoms. The number of halogens is 6. The molecule has 2 aromatic heterocycles. The van der Waals surface area contributed by atoms with Gasteiger partial charge in [0.25, 0.3) is 0 Å². The van der Waals surface area contributed by atoms with Crippen LogP contribution in [-0.2, 0) is 25.7 Å². The number of amides is 1. The molecule has 2 fully saturated rings. The lowest BCUT2D eigenvalue weighted by atomic mass is 9.75. The average molecular weight is 626 g/mol. The minimum Gasteiger partial charge on any atom is -0.475 e. The first kappa shape index (κ1) is 35.5. The van der Waals surface area contributed by atoms with Crippen LogP contribution >= 0.6 is 0 Å². The van der Waals surface area contributed by atoms with Crippen molar-refractivity contribution in [3.63, 3.8) is 0 Å². The highest BCUT2D eigenvalue weighted by molar-refractivity contribution is 5.86. The summed E-state index contributed by atoms with van der Waals surface area (Å²) in [4.78, 5) is 44.7. The third-order valence-corrected chi connectivity index (χ3v) is 6.91. The van der Waals surface area contributed by atoms with E-state index in [1.165, 1.54) is 5.56 Å². The number of carbonyl (C=O) groups excluding carboxylic acids is 1. The van der Waals surface area contributed by atoms with Gasteiger partial charge < -0.3 is 24.4 Å². The minimum absolute atomic E-state index is 0.110. The molecule has 4 rings (SSSR count). The van der Waals surface area contributed by atoms with Gasteiger partial charge in [-0.3, -0.25) is 14.7 Å². The fraction of sp³-hybridized carbons (Fsp3) is 0.577. The van der Waals surface area contributed by atoms with E-state index < -0.39 is 29.7 Å². The second kappa shape index (κ2) is 14.6. The quantitative estimate of drug-likeness (QED) is 0.442. The molecular formula is C26H33F6N5O6. The highest BCUT2D eigenvalue weighted by Crippen LogP contribution is 2.49. The largest absolute Gasteiger partial charge is 0.490 e.